The number of carbonyl (C=O) groups is 4. The average Bonchev–Trinajstić information content (AvgIpc) is 2.96. The average molecular weight is 367 g/mol. The Kier molecular flexibility index (Phi) is 4.58. The largest absolute Gasteiger partial charge is 0.467 e. The molecule has 144 valence electrons. The first-order valence-corrected chi connectivity index (χ1v) is 8.84. The van der Waals surface area contributed by atoms with Crippen LogP contribution < -0.4 is 10.6 Å². The summed E-state index contributed by atoms with van der Waals surface area (Å²) < 4.78 is 4.76. The number of methoxy groups -OCH3 is 1. The number of nitrogens with zero attached hydrogens (tertiary/aromatic N) is 1. The van der Waals surface area contributed by atoms with Crippen LogP contribution in [0.5, 0.6) is 0 Å². The maximum absolute atomic E-state index is 12.8. The third-order valence-corrected chi connectivity index (χ3v) is 6.21. The maximum atomic E-state index is 12.8. The van der Waals surface area contributed by atoms with Crippen molar-refractivity contribution >= 4 is 23.9 Å². The summed E-state index contributed by atoms with van der Waals surface area (Å²) in [4.78, 5) is 49.4. The minimum absolute atomic E-state index is 0.0633. The van der Waals surface area contributed by atoms with Gasteiger partial charge in [-0.15, -0.1) is 0 Å². The zero-order valence-corrected chi connectivity index (χ0v) is 15.2. The van der Waals surface area contributed by atoms with Gasteiger partial charge in [-0.05, 0) is 30.1 Å². The van der Waals surface area contributed by atoms with E-state index < -0.39 is 30.1 Å². The minimum Gasteiger partial charge on any atom is -0.467 e. The van der Waals surface area contributed by atoms with Gasteiger partial charge in [0.25, 0.3) is 0 Å². The van der Waals surface area contributed by atoms with Gasteiger partial charge in [0.05, 0.1) is 7.11 Å². The van der Waals surface area contributed by atoms with E-state index in [0.29, 0.717) is 19.5 Å². The highest BCUT2D eigenvalue weighted by Crippen LogP contribution is 2.64. The number of carboxylic acid groups (broad SMARTS) is 1. The Morgan fingerprint density at radius 2 is 2.12 bits per heavy atom. The molecule has 0 aromatic heterocycles. The van der Waals surface area contributed by atoms with Gasteiger partial charge in [0, 0.05) is 19.0 Å². The van der Waals surface area contributed by atoms with Crippen molar-refractivity contribution in [1.29, 1.82) is 0 Å². The van der Waals surface area contributed by atoms with E-state index in [4.69, 9.17) is 4.74 Å². The number of piperidine rings is 1. The van der Waals surface area contributed by atoms with Crippen molar-refractivity contribution in [2.75, 3.05) is 20.2 Å². The Morgan fingerprint density at radius 3 is 2.65 bits per heavy atom. The third-order valence-electron chi connectivity index (χ3n) is 6.21. The van der Waals surface area contributed by atoms with Crippen molar-refractivity contribution in [3.05, 3.63) is 0 Å². The lowest BCUT2D eigenvalue weighted by atomic mass is 9.97. The predicted molar refractivity (Wildman–Crippen MR) is 89.0 cm³/mol. The Morgan fingerprint density at radius 1 is 1.42 bits per heavy atom. The second kappa shape index (κ2) is 6.44. The number of hydrogen-bond donors (Lipinski definition) is 3. The van der Waals surface area contributed by atoms with Gasteiger partial charge in [-0.3, -0.25) is 14.5 Å². The van der Waals surface area contributed by atoms with Gasteiger partial charge in [0.1, 0.15) is 12.1 Å². The Bertz CT molecular complexity index is 648. The van der Waals surface area contributed by atoms with Gasteiger partial charge in [-0.2, -0.15) is 0 Å². The molecule has 26 heavy (non-hydrogen) atoms. The van der Waals surface area contributed by atoms with Crippen molar-refractivity contribution in [2.24, 2.45) is 23.2 Å². The molecule has 2 aliphatic heterocycles. The quantitative estimate of drug-likeness (QED) is 0.578. The van der Waals surface area contributed by atoms with Gasteiger partial charge in [-0.25, -0.2) is 9.59 Å². The summed E-state index contributed by atoms with van der Waals surface area (Å²) in [5.74, 6) is -1.57. The first-order chi connectivity index (χ1) is 12.2. The van der Waals surface area contributed by atoms with Crippen molar-refractivity contribution in [2.45, 2.75) is 38.8 Å². The van der Waals surface area contributed by atoms with Crippen LogP contribution in [0.2, 0.25) is 0 Å². The van der Waals surface area contributed by atoms with Crippen LogP contribution >= 0.6 is 0 Å². The minimum atomic E-state index is -1.14. The molecule has 9 heteroatoms. The van der Waals surface area contributed by atoms with E-state index in [2.05, 4.69) is 10.6 Å². The number of nitrogens with one attached hydrogen (secondary N) is 2. The number of esters is 1. The summed E-state index contributed by atoms with van der Waals surface area (Å²) in [5.41, 5.74) is -0.0972. The maximum Gasteiger partial charge on any atom is 0.407 e. The topological polar surface area (TPSA) is 125 Å². The van der Waals surface area contributed by atoms with E-state index in [1.165, 1.54) is 7.11 Å². The zero-order chi connectivity index (χ0) is 19.2. The van der Waals surface area contributed by atoms with Crippen LogP contribution in [0.1, 0.15) is 26.7 Å². The third kappa shape index (κ3) is 2.99. The van der Waals surface area contributed by atoms with E-state index >= 15 is 0 Å². The number of likely N-dealkylation sites (tertiary alicyclic amines) is 1. The van der Waals surface area contributed by atoms with Crippen molar-refractivity contribution in [1.82, 2.24) is 15.5 Å². The number of amides is 3. The number of carbonyl (C=O) groups excluding carboxylic acids is 3. The normalized spacial score (nSPS) is 32.4. The molecular weight excluding hydrogens is 342 g/mol. The van der Waals surface area contributed by atoms with Crippen LogP contribution in [0.15, 0.2) is 0 Å². The van der Waals surface area contributed by atoms with Crippen LogP contribution in [0.25, 0.3) is 0 Å². The van der Waals surface area contributed by atoms with Crippen molar-refractivity contribution in [3.63, 3.8) is 0 Å². The Hall–Kier alpha value is -2.32. The van der Waals surface area contributed by atoms with E-state index in [9.17, 15) is 24.3 Å². The molecule has 0 aromatic rings. The van der Waals surface area contributed by atoms with Crippen LogP contribution in [0.3, 0.4) is 0 Å². The van der Waals surface area contributed by atoms with Gasteiger partial charge in [0.2, 0.25) is 11.8 Å². The number of ether oxygens (including phenoxy) is 1. The van der Waals surface area contributed by atoms with Gasteiger partial charge in [0.15, 0.2) is 0 Å². The molecule has 0 spiro atoms. The number of fused-ring (bicyclic) bond motifs is 1. The molecule has 0 radical (unpaired) electrons. The summed E-state index contributed by atoms with van der Waals surface area (Å²) in [6.07, 6.45) is -0.412. The summed E-state index contributed by atoms with van der Waals surface area (Å²) in [7, 11) is 1.22. The summed E-state index contributed by atoms with van der Waals surface area (Å²) in [5, 5.41) is 14.7. The molecule has 2 unspecified atom stereocenters. The van der Waals surface area contributed by atoms with Gasteiger partial charge in [-0.1, -0.05) is 13.8 Å². The molecule has 1 saturated carbocycles. The Labute approximate surface area is 151 Å². The molecule has 0 aromatic carbocycles. The van der Waals surface area contributed by atoms with Crippen LogP contribution in [-0.4, -0.2) is 66.2 Å². The van der Waals surface area contributed by atoms with Gasteiger partial charge >= 0.3 is 12.1 Å². The molecule has 5 atom stereocenters. The fraction of sp³-hybridized carbons (Fsp3) is 0.765. The molecule has 1 aliphatic carbocycles. The lowest BCUT2D eigenvalue weighted by Gasteiger charge is -2.29. The lowest BCUT2D eigenvalue weighted by molar-refractivity contribution is -0.146. The molecule has 3 fully saturated rings. The Balaban J connectivity index is 1.73. The first-order valence-electron chi connectivity index (χ1n) is 8.84. The summed E-state index contributed by atoms with van der Waals surface area (Å²) in [6, 6.07) is -1.80. The highest BCUT2D eigenvalue weighted by atomic mass is 16.5. The molecule has 0 bridgehead atoms. The van der Waals surface area contributed by atoms with E-state index in [1.807, 2.05) is 13.8 Å². The monoisotopic (exact) mass is 367 g/mol. The SMILES string of the molecule is COC(=O)C(C[C@@H]1CCNC1=O)NC(=O)[C@@H]1C2[C@H](CN1C(=O)O)C2(C)C. The van der Waals surface area contributed by atoms with Crippen molar-refractivity contribution < 1.29 is 29.0 Å². The molecule has 2 saturated heterocycles. The standard InChI is InChI=1S/C17H25N3O6/c1-17(2)9-7-20(16(24)25)12(11(9)17)14(22)19-10(15(23)26-3)6-8-4-5-18-13(8)21/h8-12H,4-7H2,1-3H3,(H,18,21)(H,19,22)(H,24,25)/t8-,9-,10?,11?,12-/m0/s1. The van der Waals surface area contributed by atoms with Crippen LogP contribution in [0, 0.1) is 23.2 Å². The fourth-order valence-electron chi connectivity index (χ4n) is 4.55. The predicted octanol–water partition coefficient (Wildman–Crippen LogP) is -0.195. The second-order valence-electron chi connectivity index (χ2n) is 7.93. The molecule has 3 N–H and O–H groups in total. The van der Waals surface area contributed by atoms with Crippen LogP contribution in [-0.2, 0) is 19.1 Å². The smallest absolute Gasteiger partial charge is 0.407 e. The molecule has 2 heterocycles. The molecule has 3 rings (SSSR count). The molecule has 3 aliphatic rings. The fourth-order valence-corrected chi connectivity index (χ4v) is 4.55. The van der Waals surface area contributed by atoms with E-state index in [1.54, 1.807) is 0 Å². The van der Waals surface area contributed by atoms with E-state index in [0.717, 1.165) is 4.90 Å². The summed E-state index contributed by atoms with van der Waals surface area (Å²) >= 11 is 0. The second-order valence-corrected chi connectivity index (χ2v) is 7.93. The van der Waals surface area contributed by atoms with Crippen molar-refractivity contribution in [3.8, 4) is 0 Å². The number of rotatable bonds is 5. The highest BCUT2D eigenvalue weighted by molar-refractivity contribution is 5.91. The van der Waals surface area contributed by atoms with Gasteiger partial charge < -0.3 is 20.5 Å². The first kappa shape index (κ1) is 18.5. The highest BCUT2D eigenvalue weighted by Gasteiger charge is 2.69. The lowest BCUT2D eigenvalue weighted by Crippen LogP contribution is -2.54. The molecular formula is C17H25N3O6. The summed E-state index contributed by atoms with van der Waals surface area (Å²) in [6.45, 7) is 4.89. The van der Waals surface area contributed by atoms with E-state index in [-0.39, 0.29) is 35.5 Å². The molecule has 9 nitrogen and oxygen atoms in total. The molecule has 3 amide bonds. The number of hydrogen-bond acceptors (Lipinski definition) is 5. The zero-order valence-electron chi connectivity index (χ0n) is 15.2. The van der Waals surface area contributed by atoms with Crippen LogP contribution in [0.4, 0.5) is 4.79 Å².